The molecule has 0 saturated heterocycles. The first-order valence-electron chi connectivity index (χ1n) is 7.92. The molecule has 0 bridgehead atoms. The first kappa shape index (κ1) is 15.1. The Hall–Kier alpha value is -2.43. The molecule has 2 aromatic rings. The predicted molar refractivity (Wildman–Crippen MR) is 86.3 cm³/mol. The largest absolute Gasteiger partial charge is 0.480 e. The lowest BCUT2D eigenvalue weighted by atomic mass is 9.87. The maximum Gasteiger partial charge on any atom is 0.268 e. The minimum atomic E-state index is -0.702. The van der Waals surface area contributed by atoms with Crippen LogP contribution in [-0.2, 0) is 16.6 Å². The zero-order valence-corrected chi connectivity index (χ0v) is 13.5. The monoisotopic (exact) mass is 329 g/mol. The van der Waals surface area contributed by atoms with E-state index in [2.05, 4.69) is 0 Å². The van der Waals surface area contributed by atoms with E-state index in [0.29, 0.717) is 30.0 Å². The number of carbonyl (C=O) groups excluding carboxylic acids is 1. The van der Waals surface area contributed by atoms with Gasteiger partial charge >= 0.3 is 0 Å². The van der Waals surface area contributed by atoms with Crippen LogP contribution in [0.1, 0.15) is 25.0 Å². The minimum Gasteiger partial charge on any atom is -0.480 e. The van der Waals surface area contributed by atoms with Crippen molar-refractivity contribution in [1.82, 2.24) is 0 Å². The van der Waals surface area contributed by atoms with E-state index in [4.69, 9.17) is 4.74 Å². The Balaban J connectivity index is 1.64. The van der Waals surface area contributed by atoms with Crippen LogP contribution in [0.15, 0.2) is 36.4 Å². The van der Waals surface area contributed by atoms with Gasteiger partial charge in [0.05, 0.1) is 5.69 Å². The number of carbonyl (C=O) groups is 1. The number of nitrogens with zero attached hydrogens (tertiary/aromatic N) is 1. The molecule has 0 N–H and O–H groups in total. The fourth-order valence-corrected chi connectivity index (χ4v) is 3.59. The highest BCUT2D eigenvalue weighted by atomic mass is 19.1. The molecule has 5 heteroatoms. The molecule has 3 nitrogen and oxygen atoms in total. The Morgan fingerprint density at radius 1 is 1.17 bits per heavy atom. The SMILES string of the molecule is CC1(C)CN(C(=O)C2Cc3cc(F)ccc3O2)c2cc(F)ccc21. The standard InChI is InChI=1S/C19H17F2NO2/c1-19(2)10-22(15-9-13(21)3-5-14(15)19)18(23)17-8-11-7-12(20)4-6-16(11)24-17/h3-7,9,17H,8,10H2,1-2H3. The molecule has 0 fully saturated rings. The van der Waals surface area contributed by atoms with Crippen LogP contribution in [0.3, 0.4) is 0 Å². The van der Waals surface area contributed by atoms with Gasteiger partial charge < -0.3 is 9.64 Å². The van der Waals surface area contributed by atoms with Crippen molar-refractivity contribution in [2.45, 2.75) is 31.8 Å². The molecular formula is C19H17F2NO2. The van der Waals surface area contributed by atoms with Gasteiger partial charge in [-0.2, -0.15) is 0 Å². The number of benzene rings is 2. The lowest BCUT2D eigenvalue weighted by Crippen LogP contribution is -2.42. The van der Waals surface area contributed by atoms with Crippen LogP contribution >= 0.6 is 0 Å². The first-order chi connectivity index (χ1) is 11.3. The fourth-order valence-electron chi connectivity index (χ4n) is 3.59. The van der Waals surface area contributed by atoms with Crippen molar-refractivity contribution in [3.05, 3.63) is 59.2 Å². The second-order valence-corrected chi connectivity index (χ2v) is 7.03. The van der Waals surface area contributed by atoms with Crippen LogP contribution < -0.4 is 9.64 Å². The zero-order valence-electron chi connectivity index (χ0n) is 13.5. The first-order valence-corrected chi connectivity index (χ1v) is 7.92. The minimum absolute atomic E-state index is 0.218. The van der Waals surface area contributed by atoms with E-state index < -0.39 is 6.10 Å². The lowest BCUT2D eigenvalue weighted by molar-refractivity contribution is -0.124. The smallest absolute Gasteiger partial charge is 0.268 e. The highest BCUT2D eigenvalue weighted by Crippen LogP contribution is 2.42. The zero-order chi connectivity index (χ0) is 17.1. The Morgan fingerprint density at radius 3 is 2.67 bits per heavy atom. The summed E-state index contributed by atoms with van der Waals surface area (Å²) in [5.74, 6) is -0.404. The molecule has 124 valence electrons. The third-order valence-corrected chi connectivity index (χ3v) is 4.77. The van der Waals surface area contributed by atoms with Crippen LogP contribution in [0.25, 0.3) is 0 Å². The van der Waals surface area contributed by atoms with E-state index in [9.17, 15) is 13.6 Å². The van der Waals surface area contributed by atoms with Gasteiger partial charge in [0, 0.05) is 23.9 Å². The van der Waals surface area contributed by atoms with Crippen molar-refractivity contribution in [2.75, 3.05) is 11.4 Å². The maximum atomic E-state index is 13.7. The molecule has 0 aromatic heterocycles. The number of rotatable bonds is 1. The van der Waals surface area contributed by atoms with Crippen LogP contribution in [0.2, 0.25) is 0 Å². The number of hydrogen-bond donors (Lipinski definition) is 0. The molecule has 24 heavy (non-hydrogen) atoms. The van der Waals surface area contributed by atoms with Crippen molar-refractivity contribution in [2.24, 2.45) is 0 Å². The van der Waals surface area contributed by atoms with E-state index in [-0.39, 0.29) is 23.0 Å². The second-order valence-electron chi connectivity index (χ2n) is 7.03. The lowest BCUT2D eigenvalue weighted by Gasteiger charge is -2.23. The molecular weight excluding hydrogens is 312 g/mol. The number of anilines is 1. The van der Waals surface area contributed by atoms with Crippen molar-refractivity contribution in [3.63, 3.8) is 0 Å². The van der Waals surface area contributed by atoms with Gasteiger partial charge in [-0.3, -0.25) is 4.79 Å². The van der Waals surface area contributed by atoms with Gasteiger partial charge in [-0.25, -0.2) is 8.78 Å². The molecule has 1 atom stereocenters. The quantitative estimate of drug-likeness (QED) is 0.800. The normalized spacial score (nSPS) is 20.5. The number of hydrogen-bond acceptors (Lipinski definition) is 2. The molecule has 0 radical (unpaired) electrons. The summed E-state index contributed by atoms with van der Waals surface area (Å²) in [6.07, 6.45) is -0.375. The molecule has 2 heterocycles. The number of amides is 1. The summed E-state index contributed by atoms with van der Waals surface area (Å²) in [6, 6.07) is 8.79. The van der Waals surface area contributed by atoms with E-state index in [0.717, 1.165) is 5.56 Å². The van der Waals surface area contributed by atoms with E-state index >= 15 is 0 Å². The Morgan fingerprint density at radius 2 is 1.88 bits per heavy atom. The van der Waals surface area contributed by atoms with E-state index in [1.54, 1.807) is 17.0 Å². The van der Waals surface area contributed by atoms with Crippen molar-refractivity contribution >= 4 is 11.6 Å². The van der Waals surface area contributed by atoms with Crippen LogP contribution in [0, 0.1) is 11.6 Å². The van der Waals surface area contributed by atoms with Gasteiger partial charge in [-0.1, -0.05) is 19.9 Å². The van der Waals surface area contributed by atoms with Gasteiger partial charge in [-0.15, -0.1) is 0 Å². The molecule has 2 aliphatic rings. The van der Waals surface area contributed by atoms with Crippen molar-refractivity contribution < 1.29 is 18.3 Å². The van der Waals surface area contributed by atoms with E-state index in [1.165, 1.54) is 24.3 Å². The van der Waals surface area contributed by atoms with Crippen LogP contribution in [0.4, 0.5) is 14.5 Å². The summed E-state index contributed by atoms with van der Waals surface area (Å²) in [7, 11) is 0. The molecule has 0 spiro atoms. The number of halogens is 2. The molecule has 1 unspecified atom stereocenters. The van der Waals surface area contributed by atoms with Gasteiger partial charge in [0.25, 0.3) is 5.91 Å². The van der Waals surface area contributed by atoms with Gasteiger partial charge in [-0.05, 0) is 35.9 Å². The van der Waals surface area contributed by atoms with Crippen LogP contribution in [-0.4, -0.2) is 18.6 Å². The average molecular weight is 329 g/mol. The summed E-state index contributed by atoms with van der Waals surface area (Å²) in [5, 5.41) is 0. The van der Waals surface area contributed by atoms with Crippen molar-refractivity contribution in [3.8, 4) is 5.75 Å². The Kier molecular flexibility index (Phi) is 3.17. The molecule has 4 rings (SSSR count). The third kappa shape index (κ3) is 2.27. The number of ether oxygens (including phenoxy) is 1. The summed E-state index contributed by atoms with van der Waals surface area (Å²) < 4.78 is 32.7. The molecule has 1 amide bonds. The number of fused-ring (bicyclic) bond motifs is 2. The molecule has 2 aromatic carbocycles. The second kappa shape index (κ2) is 5.03. The topological polar surface area (TPSA) is 29.5 Å². The van der Waals surface area contributed by atoms with Gasteiger partial charge in [0.1, 0.15) is 17.4 Å². The summed E-state index contributed by atoms with van der Waals surface area (Å²) in [6.45, 7) is 4.52. The highest BCUT2D eigenvalue weighted by Gasteiger charge is 2.42. The molecule has 0 aliphatic carbocycles. The van der Waals surface area contributed by atoms with E-state index in [1.807, 2.05) is 13.8 Å². The molecule has 2 aliphatic heterocycles. The van der Waals surface area contributed by atoms with Crippen molar-refractivity contribution in [1.29, 1.82) is 0 Å². The third-order valence-electron chi connectivity index (χ3n) is 4.77. The fraction of sp³-hybridized carbons (Fsp3) is 0.316. The maximum absolute atomic E-state index is 13.7. The highest BCUT2D eigenvalue weighted by molar-refractivity contribution is 5.99. The summed E-state index contributed by atoms with van der Waals surface area (Å²) in [4.78, 5) is 14.5. The summed E-state index contributed by atoms with van der Waals surface area (Å²) >= 11 is 0. The Bertz CT molecular complexity index is 847. The Labute approximate surface area is 138 Å². The van der Waals surface area contributed by atoms with Crippen LogP contribution in [0.5, 0.6) is 5.75 Å². The average Bonchev–Trinajstić information content (AvgIpc) is 3.05. The molecule has 0 saturated carbocycles. The summed E-state index contributed by atoms with van der Waals surface area (Å²) in [5.41, 5.74) is 1.97. The van der Waals surface area contributed by atoms with Gasteiger partial charge in [0.15, 0.2) is 6.10 Å². The van der Waals surface area contributed by atoms with Gasteiger partial charge in [0.2, 0.25) is 0 Å². The predicted octanol–water partition coefficient (Wildman–Crippen LogP) is 3.59.